The lowest BCUT2D eigenvalue weighted by Crippen LogP contribution is -2.59. The van der Waals surface area contributed by atoms with Gasteiger partial charge in [-0.3, -0.25) is 9.78 Å². The molecule has 4 bridgehead atoms. The van der Waals surface area contributed by atoms with Crippen LogP contribution in [0.15, 0.2) is 16.8 Å². The van der Waals surface area contributed by atoms with Crippen LogP contribution in [0.4, 0.5) is 5.69 Å². The van der Waals surface area contributed by atoms with Gasteiger partial charge in [0.15, 0.2) is 0 Å². The van der Waals surface area contributed by atoms with Gasteiger partial charge in [-0.1, -0.05) is 23.7 Å². The molecule has 2 aromatic rings. The largest absolute Gasteiger partial charge is 0.390 e. The Kier molecular flexibility index (Phi) is 5.81. The summed E-state index contributed by atoms with van der Waals surface area (Å²) in [6.07, 6.45) is 15.7. The molecule has 1 saturated heterocycles. The third kappa shape index (κ3) is 4.36. The fourth-order valence-electron chi connectivity index (χ4n) is 7.91. The number of rotatable bonds is 7. The number of allylic oxidation sites excluding steroid dienone is 1. The summed E-state index contributed by atoms with van der Waals surface area (Å²) in [4.78, 5) is 24.3. The van der Waals surface area contributed by atoms with Crippen LogP contribution in [0.5, 0.6) is 0 Å². The Morgan fingerprint density at radius 1 is 1.16 bits per heavy atom. The van der Waals surface area contributed by atoms with Crippen molar-refractivity contribution in [3.8, 4) is 11.5 Å². The number of fused-ring (bicyclic) bond motifs is 1. The van der Waals surface area contributed by atoms with Crippen LogP contribution in [0, 0.1) is 17.8 Å². The Bertz CT molecular complexity index is 1200. The minimum atomic E-state index is -0.472. The fraction of sp³-hybridized carbons (Fsp3) is 0.643. The molecule has 1 amide bonds. The van der Waals surface area contributed by atoms with Gasteiger partial charge >= 0.3 is 0 Å². The van der Waals surface area contributed by atoms with E-state index in [1.807, 2.05) is 0 Å². The molecular weight excluding hydrogens is 468 g/mol. The third-order valence-corrected chi connectivity index (χ3v) is 9.37. The molecule has 5 aliphatic carbocycles. The third-order valence-electron chi connectivity index (χ3n) is 9.37. The highest BCUT2D eigenvalue weighted by Gasteiger charge is 2.55. The molecule has 2 aromatic heterocycles. The highest BCUT2D eigenvalue weighted by Crippen LogP contribution is 2.56. The van der Waals surface area contributed by atoms with Gasteiger partial charge in [0, 0.05) is 37.3 Å². The lowest BCUT2D eigenvalue weighted by Gasteiger charge is -2.58. The molecule has 0 aromatic carbocycles. The number of hydrogen-bond donors (Lipinski definition) is 3. The molecular formula is C28H36N6O3. The number of carbonyl (C=O) groups is 1. The van der Waals surface area contributed by atoms with Gasteiger partial charge in [-0.2, -0.15) is 4.98 Å². The summed E-state index contributed by atoms with van der Waals surface area (Å²) in [5, 5.41) is 21.9. The van der Waals surface area contributed by atoms with Gasteiger partial charge < -0.3 is 25.2 Å². The summed E-state index contributed by atoms with van der Waals surface area (Å²) in [5.41, 5.74) is 3.32. The van der Waals surface area contributed by atoms with Crippen LogP contribution in [0.2, 0.25) is 0 Å². The summed E-state index contributed by atoms with van der Waals surface area (Å²) in [6, 6.07) is 0.302. The zero-order chi connectivity index (χ0) is 25.0. The van der Waals surface area contributed by atoms with Gasteiger partial charge in [0.05, 0.1) is 22.5 Å². The highest BCUT2D eigenvalue weighted by atomic mass is 16.5. The van der Waals surface area contributed by atoms with E-state index in [2.05, 4.69) is 42.8 Å². The fourth-order valence-corrected chi connectivity index (χ4v) is 7.91. The van der Waals surface area contributed by atoms with Crippen molar-refractivity contribution in [2.45, 2.75) is 69.4 Å². The molecule has 2 unspecified atom stereocenters. The average molecular weight is 505 g/mol. The number of carbonyl (C=O) groups excluding carboxylic acids is 1. The normalized spacial score (nSPS) is 32.0. The van der Waals surface area contributed by atoms with Crippen LogP contribution < -0.4 is 10.6 Å². The van der Waals surface area contributed by atoms with Crippen molar-refractivity contribution >= 4 is 17.7 Å². The Labute approximate surface area is 217 Å². The average Bonchev–Trinajstić information content (AvgIpc) is 3.56. The lowest BCUT2D eigenvalue weighted by atomic mass is 9.52. The zero-order valence-corrected chi connectivity index (χ0v) is 21.3. The molecule has 196 valence electrons. The molecule has 0 spiro atoms. The van der Waals surface area contributed by atoms with Crippen LogP contribution in [0.3, 0.4) is 0 Å². The molecule has 0 radical (unpaired) electrons. The SMILES string of the molecule is O=C(NCCN1CCCCC1)c1noc(-c2cnc3c(c2NC2C4CC5CC2CC(O)(C5)C4)C=CC3)n1. The number of likely N-dealkylation sites (tertiary alicyclic amines) is 1. The predicted octanol–water partition coefficient (Wildman–Crippen LogP) is 3.27. The van der Waals surface area contributed by atoms with Crippen LogP contribution in [-0.2, 0) is 6.42 Å². The van der Waals surface area contributed by atoms with Crippen LogP contribution in [-0.4, -0.2) is 68.9 Å². The summed E-state index contributed by atoms with van der Waals surface area (Å²) in [6.45, 7) is 3.60. The van der Waals surface area contributed by atoms with Crippen molar-refractivity contribution in [2.24, 2.45) is 17.8 Å². The van der Waals surface area contributed by atoms with Crippen molar-refractivity contribution < 1.29 is 14.4 Å². The molecule has 1 aliphatic heterocycles. The van der Waals surface area contributed by atoms with Gasteiger partial charge in [0.1, 0.15) is 0 Å². The molecule has 3 N–H and O–H groups in total. The maximum Gasteiger partial charge on any atom is 0.292 e. The molecule has 9 heteroatoms. The molecule has 2 atom stereocenters. The molecule has 9 nitrogen and oxygen atoms in total. The number of hydrogen-bond acceptors (Lipinski definition) is 8. The van der Waals surface area contributed by atoms with E-state index in [0.29, 0.717) is 36.2 Å². The number of pyridine rings is 1. The van der Waals surface area contributed by atoms with Gasteiger partial charge in [-0.25, -0.2) is 0 Å². The molecule has 3 heterocycles. The predicted molar refractivity (Wildman–Crippen MR) is 139 cm³/mol. The molecule has 8 rings (SSSR count). The van der Waals surface area contributed by atoms with Gasteiger partial charge in [-0.15, -0.1) is 0 Å². The second kappa shape index (κ2) is 9.20. The number of anilines is 1. The van der Waals surface area contributed by atoms with E-state index < -0.39 is 5.60 Å². The van der Waals surface area contributed by atoms with E-state index >= 15 is 0 Å². The van der Waals surface area contributed by atoms with Crippen molar-refractivity contribution in [3.63, 3.8) is 0 Å². The summed E-state index contributed by atoms with van der Waals surface area (Å²) >= 11 is 0. The molecule has 6 aliphatic rings. The van der Waals surface area contributed by atoms with E-state index in [4.69, 9.17) is 4.52 Å². The first-order valence-electron chi connectivity index (χ1n) is 14.1. The van der Waals surface area contributed by atoms with Crippen LogP contribution in [0.25, 0.3) is 17.5 Å². The second-order valence-electron chi connectivity index (χ2n) is 12.0. The highest BCUT2D eigenvalue weighted by molar-refractivity contribution is 5.91. The Hall–Kier alpha value is -2.78. The maximum absolute atomic E-state index is 12.7. The van der Waals surface area contributed by atoms with Crippen molar-refractivity contribution in [1.82, 2.24) is 25.3 Å². The first-order valence-corrected chi connectivity index (χ1v) is 14.1. The van der Waals surface area contributed by atoms with Crippen LogP contribution >= 0.6 is 0 Å². The summed E-state index contributed by atoms with van der Waals surface area (Å²) in [7, 11) is 0. The Morgan fingerprint density at radius 2 is 1.97 bits per heavy atom. The molecule has 37 heavy (non-hydrogen) atoms. The summed E-state index contributed by atoms with van der Waals surface area (Å²) < 4.78 is 5.62. The first kappa shape index (κ1) is 23.3. The van der Waals surface area contributed by atoms with Crippen molar-refractivity contribution in [1.29, 1.82) is 0 Å². The molecule has 5 fully saturated rings. The zero-order valence-electron chi connectivity index (χ0n) is 21.3. The number of nitrogens with one attached hydrogen (secondary N) is 2. The van der Waals surface area contributed by atoms with Gasteiger partial charge in [0.25, 0.3) is 17.6 Å². The topological polar surface area (TPSA) is 116 Å². The van der Waals surface area contributed by atoms with Crippen molar-refractivity contribution in [2.75, 3.05) is 31.5 Å². The number of amides is 1. The van der Waals surface area contributed by atoms with Crippen LogP contribution in [0.1, 0.15) is 73.2 Å². The molecule has 4 saturated carbocycles. The van der Waals surface area contributed by atoms with Crippen molar-refractivity contribution in [3.05, 3.63) is 29.4 Å². The van der Waals surface area contributed by atoms with Gasteiger partial charge in [-0.05, 0) is 75.8 Å². The number of aliphatic hydroxyl groups is 1. The van der Waals surface area contributed by atoms with E-state index in [0.717, 1.165) is 67.8 Å². The lowest BCUT2D eigenvalue weighted by molar-refractivity contribution is -0.129. The number of aromatic nitrogens is 3. The Balaban J connectivity index is 1.10. The Morgan fingerprint density at radius 3 is 2.76 bits per heavy atom. The van der Waals surface area contributed by atoms with Gasteiger partial charge in [0.2, 0.25) is 0 Å². The van der Waals surface area contributed by atoms with E-state index in [1.165, 1.54) is 32.1 Å². The number of nitrogens with zero attached hydrogens (tertiary/aromatic N) is 4. The minimum Gasteiger partial charge on any atom is -0.390 e. The van der Waals surface area contributed by atoms with E-state index in [-0.39, 0.29) is 11.7 Å². The minimum absolute atomic E-state index is 0.0486. The first-order chi connectivity index (χ1) is 18.0. The second-order valence-corrected chi connectivity index (χ2v) is 12.0. The monoisotopic (exact) mass is 504 g/mol. The number of piperidine rings is 1. The smallest absolute Gasteiger partial charge is 0.292 e. The maximum atomic E-state index is 12.7. The van der Waals surface area contributed by atoms with E-state index in [9.17, 15) is 9.90 Å². The quantitative estimate of drug-likeness (QED) is 0.526. The van der Waals surface area contributed by atoms with E-state index in [1.54, 1.807) is 6.20 Å². The summed E-state index contributed by atoms with van der Waals surface area (Å²) in [5.74, 6) is 1.61. The standard InChI is InChI=1S/C28H36N6O3/c35-26(29-7-10-34-8-2-1-3-9-34)25-32-27(37-33-25)21-16-30-22-6-4-5-20(22)24(21)31-23-18-11-17-12-19(23)15-28(36,13-17)14-18/h4-5,16-19,23,36H,1-3,6-15H2,(H,29,35)(H,30,31).